The molecule has 42 heavy (non-hydrogen) atoms. The van der Waals surface area contributed by atoms with E-state index in [2.05, 4.69) is 53.2 Å². The molecule has 0 spiro atoms. The second-order valence-electron chi connectivity index (χ2n) is 11.7. The van der Waals surface area contributed by atoms with E-state index in [1.807, 2.05) is 12.3 Å². The number of ether oxygens (including phenoxy) is 3. The number of hydrogen-bond acceptors (Lipinski definition) is 7. The highest BCUT2D eigenvalue weighted by molar-refractivity contribution is 7.16. The molecule has 0 aliphatic heterocycles. The molecule has 5 rings (SSSR count). The molecule has 2 aromatic carbocycles. The van der Waals surface area contributed by atoms with Crippen molar-refractivity contribution in [2.45, 2.75) is 70.3 Å². The first kappa shape index (κ1) is 30.5. The van der Waals surface area contributed by atoms with E-state index in [1.54, 1.807) is 14.2 Å². The van der Waals surface area contributed by atoms with E-state index in [1.165, 1.54) is 22.5 Å². The van der Waals surface area contributed by atoms with Gasteiger partial charge in [-0.2, -0.15) is 0 Å². The van der Waals surface area contributed by atoms with Crippen LogP contribution >= 0.6 is 11.3 Å². The fraction of sp³-hybridized carbons (Fsp3) is 0.529. The lowest BCUT2D eigenvalue weighted by atomic mass is 9.78. The molecule has 1 N–H and O–H groups in total. The minimum absolute atomic E-state index is 0.00950. The summed E-state index contributed by atoms with van der Waals surface area (Å²) in [6.45, 7) is 3.25. The summed E-state index contributed by atoms with van der Waals surface area (Å²) in [5, 5.41) is 9.76. The number of rotatable bonds is 11. The summed E-state index contributed by atoms with van der Waals surface area (Å²) in [6, 6.07) is 14.9. The van der Waals surface area contributed by atoms with Crippen LogP contribution in [0.25, 0.3) is 10.4 Å². The number of nitrogens with zero attached hydrogens (tertiary/aromatic N) is 2. The molecular weight excluding hydrogens is 548 g/mol. The van der Waals surface area contributed by atoms with Crippen molar-refractivity contribution in [3.63, 3.8) is 0 Å². The van der Waals surface area contributed by atoms with Crippen LogP contribution in [-0.2, 0) is 9.53 Å². The van der Waals surface area contributed by atoms with Gasteiger partial charge in [-0.3, -0.25) is 4.79 Å². The van der Waals surface area contributed by atoms with Gasteiger partial charge in [0.2, 0.25) is 5.91 Å². The molecule has 8 heteroatoms. The number of hydrogen-bond donors (Lipinski definition) is 1. The fourth-order valence-electron chi connectivity index (χ4n) is 6.64. The Morgan fingerprint density at radius 3 is 2.45 bits per heavy atom. The van der Waals surface area contributed by atoms with Crippen molar-refractivity contribution in [1.29, 1.82) is 0 Å². The van der Waals surface area contributed by atoms with Crippen molar-refractivity contribution in [2.24, 2.45) is 11.8 Å². The number of aliphatic hydroxyl groups excluding tert-OH is 1. The molecule has 0 atom stereocenters. The minimum atomic E-state index is -0.00950. The molecule has 1 heterocycles. The maximum atomic E-state index is 14.2. The van der Waals surface area contributed by atoms with Gasteiger partial charge in [0.25, 0.3) is 5.19 Å². The molecule has 2 fully saturated rings. The summed E-state index contributed by atoms with van der Waals surface area (Å²) in [5.41, 5.74) is 4.58. The number of thiazole rings is 1. The van der Waals surface area contributed by atoms with E-state index in [9.17, 15) is 4.79 Å². The van der Waals surface area contributed by atoms with Crippen LogP contribution < -0.4 is 14.4 Å². The predicted octanol–water partition coefficient (Wildman–Crippen LogP) is 7.01. The van der Waals surface area contributed by atoms with Crippen molar-refractivity contribution in [1.82, 2.24) is 4.98 Å². The largest absolute Gasteiger partial charge is 0.496 e. The van der Waals surface area contributed by atoms with Crippen LogP contribution in [0.1, 0.15) is 68.4 Å². The lowest BCUT2D eigenvalue weighted by Crippen LogP contribution is -2.42. The van der Waals surface area contributed by atoms with Crippen LogP contribution in [0, 0.1) is 18.8 Å². The number of methoxy groups -OCH3 is 2. The fourth-order valence-corrected chi connectivity index (χ4v) is 7.37. The average Bonchev–Trinajstić information content (AvgIpc) is 3.53. The molecule has 0 saturated heterocycles. The third-order valence-electron chi connectivity index (χ3n) is 9.01. The summed E-state index contributed by atoms with van der Waals surface area (Å²) in [6.07, 6.45) is 9.80. The molecule has 2 saturated carbocycles. The highest BCUT2D eigenvalue weighted by Crippen LogP contribution is 2.39. The van der Waals surface area contributed by atoms with Crippen LogP contribution in [0.5, 0.6) is 10.9 Å². The van der Waals surface area contributed by atoms with E-state index in [4.69, 9.17) is 19.3 Å². The molecule has 0 radical (unpaired) electrons. The Balaban J connectivity index is 1.31. The Morgan fingerprint density at radius 1 is 1.00 bits per heavy atom. The molecule has 2 aliphatic rings. The topological polar surface area (TPSA) is 81.1 Å². The van der Waals surface area contributed by atoms with Crippen LogP contribution in [0.3, 0.4) is 0 Å². The number of aryl methyl sites for hydroxylation is 1. The third kappa shape index (κ3) is 7.33. The highest BCUT2D eigenvalue weighted by Gasteiger charge is 2.33. The summed E-state index contributed by atoms with van der Waals surface area (Å²) < 4.78 is 16.6. The highest BCUT2D eigenvalue weighted by atomic mass is 32.1. The van der Waals surface area contributed by atoms with Crippen LogP contribution in [0.2, 0.25) is 0 Å². The lowest BCUT2D eigenvalue weighted by molar-refractivity contribution is -0.124. The van der Waals surface area contributed by atoms with Crippen LogP contribution in [0.15, 0.2) is 48.7 Å². The molecule has 3 aromatic rings. The average molecular weight is 593 g/mol. The molecule has 1 aromatic heterocycles. The monoisotopic (exact) mass is 592 g/mol. The van der Waals surface area contributed by atoms with Gasteiger partial charge in [0.15, 0.2) is 0 Å². The van der Waals surface area contributed by atoms with E-state index in [-0.39, 0.29) is 24.5 Å². The lowest BCUT2D eigenvalue weighted by Gasteiger charge is -2.36. The number of anilines is 1. The second-order valence-corrected chi connectivity index (χ2v) is 12.7. The number of aliphatic hydroxyl groups is 1. The van der Waals surface area contributed by atoms with Crippen molar-refractivity contribution in [3.05, 3.63) is 59.8 Å². The van der Waals surface area contributed by atoms with E-state index in [0.29, 0.717) is 23.6 Å². The molecule has 226 valence electrons. The Hall–Kier alpha value is -2.94. The third-order valence-corrected chi connectivity index (χ3v) is 10.0. The van der Waals surface area contributed by atoms with Crippen LogP contribution in [0.4, 0.5) is 5.69 Å². The van der Waals surface area contributed by atoms with Crippen molar-refractivity contribution in [2.75, 3.05) is 38.9 Å². The van der Waals surface area contributed by atoms with Crippen molar-refractivity contribution < 1.29 is 24.1 Å². The Morgan fingerprint density at radius 2 is 1.79 bits per heavy atom. The molecule has 1 amide bonds. The Labute approximate surface area is 253 Å². The van der Waals surface area contributed by atoms with E-state index in [0.717, 1.165) is 79.8 Å². The molecule has 2 aliphatic carbocycles. The molecule has 7 nitrogen and oxygen atoms in total. The van der Waals surface area contributed by atoms with Gasteiger partial charge in [-0.15, -0.1) is 0 Å². The number of benzene rings is 2. The second kappa shape index (κ2) is 14.5. The first-order valence-electron chi connectivity index (χ1n) is 15.3. The van der Waals surface area contributed by atoms with E-state index >= 15 is 0 Å². The summed E-state index contributed by atoms with van der Waals surface area (Å²) in [4.78, 5) is 21.6. The SMILES string of the molecule is COc1ncc(-c2cccc(N(CC3CCC(c4ccc(OC)c(C)c4)CC3)C(=O)C3CCC(OCCO)CC3)c2)s1. The van der Waals surface area contributed by atoms with Gasteiger partial charge >= 0.3 is 0 Å². The smallest absolute Gasteiger partial charge is 0.273 e. The number of carbonyl (C=O) groups excluding carboxylic acids is 1. The number of carbonyl (C=O) groups is 1. The van der Waals surface area contributed by atoms with Gasteiger partial charge < -0.3 is 24.2 Å². The normalized spacial score (nSPS) is 22.5. The Kier molecular flexibility index (Phi) is 10.5. The first-order chi connectivity index (χ1) is 20.5. The van der Waals surface area contributed by atoms with E-state index < -0.39 is 0 Å². The summed E-state index contributed by atoms with van der Waals surface area (Å²) in [5.74, 6) is 2.16. The zero-order chi connectivity index (χ0) is 29.5. The summed E-state index contributed by atoms with van der Waals surface area (Å²) >= 11 is 1.51. The van der Waals surface area contributed by atoms with Gasteiger partial charge in [-0.05, 0) is 105 Å². The maximum absolute atomic E-state index is 14.2. The van der Waals surface area contributed by atoms with Gasteiger partial charge in [0.1, 0.15) is 5.75 Å². The van der Waals surface area contributed by atoms with Gasteiger partial charge in [-0.1, -0.05) is 35.6 Å². The molecular formula is C34H44N2O5S. The van der Waals surface area contributed by atoms with Crippen molar-refractivity contribution in [3.8, 4) is 21.4 Å². The van der Waals surface area contributed by atoms with Gasteiger partial charge in [0.05, 0.1) is 38.4 Å². The van der Waals surface area contributed by atoms with Gasteiger partial charge in [0, 0.05) is 24.3 Å². The minimum Gasteiger partial charge on any atom is -0.496 e. The molecule has 0 bridgehead atoms. The molecule has 0 unspecified atom stereocenters. The van der Waals surface area contributed by atoms with Crippen LogP contribution in [-0.4, -0.2) is 56.1 Å². The Bertz CT molecular complexity index is 1310. The number of aromatic nitrogens is 1. The predicted molar refractivity (Wildman–Crippen MR) is 168 cm³/mol. The zero-order valence-corrected chi connectivity index (χ0v) is 25.9. The summed E-state index contributed by atoms with van der Waals surface area (Å²) in [7, 11) is 3.36. The zero-order valence-electron chi connectivity index (χ0n) is 25.1. The standard InChI is InChI=1S/C34H44N2O5S/c1-23-19-27(13-16-31(23)39-2)25-9-7-24(8-10-25)22-36(33(38)26-11-14-30(15-12-26)41-18-17-37)29-6-4-5-28(20-29)32-21-35-34(40-3)42-32/h4-6,13,16,19-21,24-26,30,37H,7-12,14-15,17-18,22H2,1-3H3. The van der Waals surface area contributed by atoms with Gasteiger partial charge in [-0.25, -0.2) is 4.98 Å². The van der Waals surface area contributed by atoms with Crippen molar-refractivity contribution >= 4 is 22.9 Å². The quantitative estimate of drug-likeness (QED) is 0.258. The first-order valence-corrected chi connectivity index (χ1v) is 16.1. The maximum Gasteiger partial charge on any atom is 0.273 e. The number of amides is 1.